The van der Waals surface area contributed by atoms with Gasteiger partial charge in [-0.15, -0.1) is 0 Å². The molecule has 1 atom stereocenters. The molecule has 1 unspecified atom stereocenters. The molecule has 4 nitrogen and oxygen atoms in total. The van der Waals surface area contributed by atoms with Crippen LogP contribution in [0, 0.1) is 0 Å². The molecule has 1 aliphatic heterocycles. The Morgan fingerprint density at radius 3 is 2.37 bits per heavy atom. The number of rotatable bonds is 4. The SMILES string of the molecule is COc1cc(CC2(N)CCCN(C)C2)cc(OC)c1. The molecule has 19 heavy (non-hydrogen) atoms. The number of ether oxygens (including phenoxy) is 2. The van der Waals surface area contributed by atoms with Crippen LogP contribution in [0.1, 0.15) is 18.4 Å². The highest BCUT2D eigenvalue weighted by molar-refractivity contribution is 5.39. The Morgan fingerprint density at radius 2 is 1.84 bits per heavy atom. The Hall–Kier alpha value is -1.26. The lowest BCUT2D eigenvalue weighted by atomic mass is 9.84. The Morgan fingerprint density at radius 1 is 1.21 bits per heavy atom. The van der Waals surface area contributed by atoms with Gasteiger partial charge in [-0.1, -0.05) is 0 Å². The summed E-state index contributed by atoms with van der Waals surface area (Å²) in [6, 6.07) is 5.98. The van der Waals surface area contributed by atoms with Gasteiger partial charge in [0.2, 0.25) is 0 Å². The fourth-order valence-electron chi connectivity index (χ4n) is 2.92. The zero-order chi connectivity index (χ0) is 13.9. The Kier molecular flexibility index (Phi) is 4.32. The van der Waals surface area contributed by atoms with Crippen LogP contribution >= 0.6 is 0 Å². The number of piperidine rings is 1. The lowest BCUT2D eigenvalue weighted by Gasteiger charge is -2.38. The minimum absolute atomic E-state index is 0.148. The smallest absolute Gasteiger partial charge is 0.122 e. The number of nitrogens with zero attached hydrogens (tertiary/aromatic N) is 1. The lowest BCUT2D eigenvalue weighted by molar-refractivity contribution is 0.178. The number of benzene rings is 1. The minimum atomic E-state index is -0.148. The number of likely N-dealkylation sites (tertiary alicyclic amines) is 1. The van der Waals surface area contributed by atoms with E-state index >= 15 is 0 Å². The third-order valence-electron chi connectivity index (χ3n) is 3.77. The number of nitrogens with two attached hydrogens (primary N) is 1. The average Bonchev–Trinajstić information content (AvgIpc) is 2.37. The van der Waals surface area contributed by atoms with Crippen molar-refractivity contribution in [1.82, 2.24) is 4.90 Å². The van der Waals surface area contributed by atoms with E-state index in [1.54, 1.807) is 14.2 Å². The number of likely N-dealkylation sites (N-methyl/N-ethyl adjacent to an activating group) is 1. The maximum absolute atomic E-state index is 6.54. The van der Waals surface area contributed by atoms with Crippen molar-refractivity contribution in [2.45, 2.75) is 24.8 Å². The molecular weight excluding hydrogens is 240 g/mol. The summed E-state index contributed by atoms with van der Waals surface area (Å²) >= 11 is 0. The predicted molar refractivity (Wildman–Crippen MR) is 76.9 cm³/mol. The zero-order valence-electron chi connectivity index (χ0n) is 12.1. The molecule has 0 aliphatic carbocycles. The largest absolute Gasteiger partial charge is 0.497 e. The fourth-order valence-corrected chi connectivity index (χ4v) is 2.92. The van der Waals surface area contributed by atoms with Crippen LogP contribution in [0.2, 0.25) is 0 Å². The highest BCUT2D eigenvalue weighted by Crippen LogP contribution is 2.27. The van der Waals surface area contributed by atoms with Crippen molar-refractivity contribution < 1.29 is 9.47 Å². The Bertz CT molecular complexity index is 414. The van der Waals surface area contributed by atoms with Crippen LogP contribution in [-0.2, 0) is 6.42 Å². The monoisotopic (exact) mass is 264 g/mol. The van der Waals surface area contributed by atoms with Crippen molar-refractivity contribution in [3.63, 3.8) is 0 Å². The summed E-state index contributed by atoms with van der Waals surface area (Å²) in [5, 5.41) is 0. The molecular formula is C15H24N2O2. The summed E-state index contributed by atoms with van der Waals surface area (Å²) in [7, 11) is 5.48. The second-order valence-corrected chi connectivity index (χ2v) is 5.60. The minimum Gasteiger partial charge on any atom is -0.497 e. The highest BCUT2D eigenvalue weighted by atomic mass is 16.5. The second kappa shape index (κ2) is 5.80. The summed E-state index contributed by atoms with van der Waals surface area (Å²) in [5.41, 5.74) is 7.57. The molecule has 1 aromatic carbocycles. The van der Waals surface area contributed by atoms with Gasteiger partial charge >= 0.3 is 0 Å². The number of hydrogen-bond acceptors (Lipinski definition) is 4. The van der Waals surface area contributed by atoms with E-state index in [0.29, 0.717) is 0 Å². The van der Waals surface area contributed by atoms with Crippen molar-refractivity contribution in [3.05, 3.63) is 23.8 Å². The summed E-state index contributed by atoms with van der Waals surface area (Å²) in [6.45, 7) is 2.08. The summed E-state index contributed by atoms with van der Waals surface area (Å²) in [5.74, 6) is 1.64. The molecule has 1 aromatic rings. The van der Waals surface area contributed by atoms with E-state index < -0.39 is 0 Å². The van der Waals surface area contributed by atoms with E-state index in [4.69, 9.17) is 15.2 Å². The first-order valence-electron chi connectivity index (χ1n) is 6.74. The molecule has 4 heteroatoms. The molecule has 2 N–H and O–H groups in total. The van der Waals surface area contributed by atoms with Crippen molar-refractivity contribution >= 4 is 0 Å². The molecule has 106 valence electrons. The van der Waals surface area contributed by atoms with Gasteiger partial charge in [0.25, 0.3) is 0 Å². The molecule has 0 saturated carbocycles. The third kappa shape index (κ3) is 3.61. The summed E-state index contributed by atoms with van der Waals surface area (Å²) in [4.78, 5) is 2.31. The molecule has 1 heterocycles. The third-order valence-corrected chi connectivity index (χ3v) is 3.77. The van der Waals surface area contributed by atoms with E-state index in [1.807, 2.05) is 18.2 Å². The van der Waals surface area contributed by atoms with Gasteiger partial charge in [0, 0.05) is 18.2 Å². The maximum Gasteiger partial charge on any atom is 0.122 e. The van der Waals surface area contributed by atoms with Gasteiger partial charge in [-0.25, -0.2) is 0 Å². The van der Waals surface area contributed by atoms with Crippen LogP contribution < -0.4 is 15.2 Å². The van der Waals surface area contributed by atoms with Crippen LogP contribution in [0.25, 0.3) is 0 Å². The highest BCUT2D eigenvalue weighted by Gasteiger charge is 2.30. The molecule has 1 aliphatic rings. The van der Waals surface area contributed by atoms with E-state index in [0.717, 1.165) is 43.9 Å². The van der Waals surface area contributed by atoms with Crippen LogP contribution in [0.4, 0.5) is 0 Å². The maximum atomic E-state index is 6.54. The molecule has 2 rings (SSSR count). The van der Waals surface area contributed by atoms with Crippen LogP contribution in [0.5, 0.6) is 11.5 Å². The predicted octanol–water partition coefficient (Wildman–Crippen LogP) is 1.67. The van der Waals surface area contributed by atoms with Gasteiger partial charge in [0.15, 0.2) is 0 Å². The Balaban J connectivity index is 2.17. The second-order valence-electron chi connectivity index (χ2n) is 5.60. The zero-order valence-corrected chi connectivity index (χ0v) is 12.1. The van der Waals surface area contributed by atoms with E-state index in [1.165, 1.54) is 5.56 Å². The van der Waals surface area contributed by atoms with Gasteiger partial charge in [0.1, 0.15) is 11.5 Å². The average molecular weight is 264 g/mol. The van der Waals surface area contributed by atoms with Gasteiger partial charge in [-0.2, -0.15) is 0 Å². The van der Waals surface area contributed by atoms with Crippen LogP contribution in [0.15, 0.2) is 18.2 Å². The molecule has 1 saturated heterocycles. The van der Waals surface area contributed by atoms with Gasteiger partial charge in [-0.05, 0) is 50.6 Å². The fraction of sp³-hybridized carbons (Fsp3) is 0.600. The number of methoxy groups -OCH3 is 2. The van der Waals surface area contributed by atoms with Gasteiger partial charge < -0.3 is 20.1 Å². The summed E-state index contributed by atoms with van der Waals surface area (Å²) < 4.78 is 10.6. The van der Waals surface area contributed by atoms with Gasteiger partial charge in [0.05, 0.1) is 14.2 Å². The standard InChI is InChI=1S/C15H24N2O2/c1-17-6-4-5-15(16,11-17)10-12-7-13(18-2)9-14(8-12)19-3/h7-9H,4-6,10-11,16H2,1-3H3. The molecule has 1 fully saturated rings. The first-order valence-corrected chi connectivity index (χ1v) is 6.74. The van der Waals surface area contributed by atoms with Crippen molar-refractivity contribution in [2.24, 2.45) is 5.73 Å². The molecule has 0 bridgehead atoms. The Labute approximate surface area is 115 Å². The molecule has 0 amide bonds. The molecule has 0 spiro atoms. The van der Waals surface area contributed by atoms with Crippen molar-refractivity contribution in [1.29, 1.82) is 0 Å². The van der Waals surface area contributed by atoms with E-state index in [2.05, 4.69) is 11.9 Å². The van der Waals surface area contributed by atoms with Crippen molar-refractivity contribution in [2.75, 3.05) is 34.4 Å². The molecule has 0 radical (unpaired) electrons. The number of hydrogen-bond donors (Lipinski definition) is 1. The normalized spacial score (nSPS) is 24.2. The van der Waals surface area contributed by atoms with Gasteiger partial charge in [-0.3, -0.25) is 0 Å². The summed E-state index contributed by atoms with van der Waals surface area (Å²) in [6.07, 6.45) is 3.08. The van der Waals surface area contributed by atoms with Crippen LogP contribution in [-0.4, -0.2) is 44.8 Å². The first kappa shape index (κ1) is 14.2. The lowest BCUT2D eigenvalue weighted by Crippen LogP contribution is -2.54. The first-order chi connectivity index (χ1) is 9.04. The van der Waals surface area contributed by atoms with E-state index in [-0.39, 0.29) is 5.54 Å². The topological polar surface area (TPSA) is 47.7 Å². The molecule has 0 aromatic heterocycles. The quantitative estimate of drug-likeness (QED) is 0.898. The van der Waals surface area contributed by atoms with Crippen molar-refractivity contribution in [3.8, 4) is 11.5 Å². The van der Waals surface area contributed by atoms with E-state index in [9.17, 15) is 0 Å². The van der Waals surface area contributed by atoms with Crippen LogP contribution in [0.3, 0.4) is 0 Å².